The molecule has 3 N–H and O–H groups in total. The second-order valence-corrected chi connectivity index (χ2v) is 4.97. The minimum atomic E-state index is 0. The summed E-state index contributed by atoms with van der Waals surface area (Å²) in [5.41, 5.74) is 0. The van der Waals surface area contributed by atoms with Crippen LogP contribution in [0.5, 0.6) is 0 Å². The molecule has 0 radical (unpaired) electrons. The second kappa shape index (κ2) is 12.3. The molecule has 0 aliphatic heterocycles. The zero-order valence-electron chi connectivity index (χ0n) is 13.6. The Kier molecular flexibility index (Phi) is 11.6. The fraction of sp³-hybridized carbons (Fsp3) is 0.600. The number of aromatic nitrogens is 1. The first-order valence-electron chi connectivity index (χ1n) is 7.50. The molecular formula is C15H28IN5O. The van der Waals surface area contributed by atoms with Crippen molar-refractivity contribution in [2.45, 2.75) is 39.3 Å². The van der Waals surface area contributed by atoms with E-state index in [1.807, 2.05) is 31.5 Å². The van der Waals surface area contributed by atoms with Crippen molar-refractivity contribution in [2.75, 3.05) is 20.1 Å². The summed E-state index contributed by atoms with van der Waals surface area (Å²) < 4.78 is 2.10. The third-order valence-electron chi connectivity index (χ3n) is 3.22. The Labute approximate surface area is 150 Å². The fourth-order valence-corrected chi connectivity index (χ4v) is 1.79. The van der Waals surface area contributed by atoms with E-state index in [1.54, 1.807) is 7.05 Å². The summed E-state index contributed by atoms with van der Waals surface area (Å²) in [6, 6.07) is 4.24. The van der Waals surface area contributed by atoms with Crippen LogP contribution in [0.3, 0.4) is 0 Å². The van der Waals surface area contributed by atoms with Crippen LogP contribution in [0.25, 0.3) is 0 Å². The number of guanidine groups is 1. The lowest BCUT2D eigenvalue weighted by Crippen LogP contribution is -2.41. The minimum absolute atomic E-state index is 0. The predicted octanol–water partition coefficient (Wildman–Crippen LogP) is 1.58. The highest BCUT2D eigenvalue weighted by Crippen LogP contribution is 1.90. The van der Waals surface area contributed by atoms with Gasteiger partial charge < -0.3 is 20.5 Å². The van der Waals surface area contributed by atoms with Gasteiger partial charge in [-0.3, -0.25) is 9.79 Å². The van der Waals surface area contributed by atoms with Gasteiger partial charge in [0.05, 0.1) is 0 Å². The number of amides is 1. The van der Waals surface area contributed by atoms with Gasteiger partial charge in [0.15, 0.2) is 5.96 Å². The fourth-order valence-electron chi connectivity index (χ4n) is 1.79. The summed E-state index contributed by atoms with van der Waals surface area (Å²) in [6.45, 7) is 6.30. The van der Waals surface area contributed by atoms with E-state index in [-0.39, 0.29) is 35.9 Å². The van der Waals surface area contributed by atoms with Crippen molar-refractivity contribution in [3.63, 3.8) is 0 Å². The molecule has 0 bridgehead atoms. The highest BCUT2D eigenvalue weighted by molar-refractivity contribution is 14.0. The Hall–Kier alpha value is -1.25. The number of nitrogens with zero attached hydrogens (tertiary/aromatic N) is 2. The molecule has 1 rings (SSSR count). The Morgan fingerprint density at radius 1 is 1.23 bits per heavy atom. The summed E-state index contributed by atoms with van der Waals surface area (Å²) in [5, 5.41) is 9.30. The number of halogens is 1. The molecule has 0 fully saturated rings. The highest BCUT2D eigenvalue weighted by Gasteiger charge is 2.05. The van der Waals surface area contributed by atoms with E-state index in [9.17, 15) is 4.79 Å². The number of carbonyl (C=O) groups excluding carboxylic acids is 1. The van der Waals surface area contributed by atoms with Gasteiger partial charge in [-0.05, 0) is 25.5 Å². The molecule has 126 valence electrons. The smallest absolute Gasteiger partial charge is 0.221 e. The number of nitrogens with one attached hydrogen (secondary N) is 3. The Balaban J connectivity index is 0.00000441. The lowest BCUT2D eigenvalue weighted by Gasteiger charge is -2.14. The summed E-state index contributed by atoms with van der Waals surface area (Å²) in [6.07, 6.45) is 5.44. The van der Waals surface area contributed by atoms with Crippen molar-refractivity contribution in [1.29, 1.82) is 0 Å². The van der Waals surface area contributed by atoms with E-state index in [1.165, 1.54) is 0 Å². The number of hydrogen-bond donors (Lipinski definition) is 3. The molecule has 1 unspecified atom stereocenters. The quantitative estimate of drug-likeness (QED) is 0.339. The van der Waals surface area contributed by atoms with E-state index in [0.717, 1.165) is 25.5 Å². The van der Waals surface area contributed by atoms with E-state index in [4.69, 9.17) is 0 Å². The third-order valence-corrected chi connectivity index (χ3v) is 3.22. The third kappa shape index (κ3) is 8.91. The maximum absolute atomic E-state index is 11.6. The highest BCUT2D eigenvalue weighted by atomic mass is 127. The van der Waals surface area contributed by atoms with E-state index >= 15 is 0 Å². The summed E-state index contributed by atoms with van der Waals surface area (Å²) in [7, 11) is 1.73. The van der Waals surface area contributed by atoms with Gasteiger partial charge in [-0.2, -0.15) is 0 Å². The summed E-state index contributed by atoms with van der Waals surface area (Å²) in [4.78, 5) is 15.8. The van der Waals surface area contributed by atoms with Gasteiger partial charge in [0.2, 0.25) is 5.91 Å². The van der Waals surface area contributed by atoms with Crippen LogP contribution in [-0.4, -0.2) is 42.6 Å². The summed E-state index contributed by atoms with van der Waals surface area (Å²) >= 11 is 0. The molecule has 1 aromatic heterocycles. The van der Waals surface area contributed by atoms with Gasteiger partial charge in [-0.15, -0.1) is 24.0 Å². The van der Waals surface area contributed by atoms with Crippen LogP contribution in [0.4, 0.5) is 0 Å². The molecule has 1 atom stereocenters. The van der Waals surface area contributed by atoms with Gasteiger partial charge in [0, 0.05) is 51.5 Å². The van der Waals surface area contributed by atoms with Gasteiger partial charge >= 0.3 is 0 Å². The Bertz CT molecular complexity index is 433. The molecule has 0 saturated carbocycles. The van der Waals surface area contributed by atoms with Crippen LogP contribution < -0.4 is 16.0 Å². The molecule has 1 amide bonds. The maximum atomic E-state index is 11.6. The molecule has 22 heavy (non-hydrogen) atoms. The molecule has 0 spiro atoms. The molecule has 0 aliphatic rings. The van der Waals surface area contributed by atoms with Crippen LogP contribution in [-0.2, 0) is 11.3 Å². The first-order valence-corrected chi connectivity index (χ1v) is 7.50. The lowest BCUT2D eigenvalue weighted by molar-refractivity contribution is -0.121. The second-order valence-electron chi connectivity index (χ2n) is 4.97. The van der Waals surface area contributed by atoms with Crippen molar-refractivity contribution in [3.05, 3.63) is 24.5 Å². The van der Waals surface area contributed by atoms with E-state index in [2.05, 4.69) is 32.4 Å². The standard InChI is InChI=1S/C15H27N5O.HI/c1-4-13(2)19-14(21)7-8-17-15(16-3)18-9-12-20-10-5-6-11-20;/h5-6,10-11,13H,4,7-9,12H2,1-3H3,(H,19,21)(H2,16,17,18);1H. The molecule has 1 aromatic rings. The van der Waals surface area contributed by atoms with Crippen molar-refractivity contribution in [1.82, 2.24) is 20.5 Å². The number of rotatable bonds is 8. The molecular weight excluding hydrogens is 393 g/mol. The largest absolute Gasteiger partial charge is 0.356 e. The Morgan fingerprint density at radius 2 is 1.86 bits per heavy atom. The molecule has 0 saturated heterocycles. The monoisotopic (exact) mass is 421 g/mol. The van der Waals surface area contributed by atoms with Crippen LogP contribution in [0.15, 0.2) is 29.5 Å². The zero-order chi connectivity index (χ0) is 15.5. The van der Waals surface area contributed by atoms with Gasteiger partial charge in [-0.25, -0.2) is 0 Å². The SMILES string of the molecule is CCC(C)NC(=O)CCNC(=NC)NCCn1cccc1.I. The molecule has 0 aromatic carbocycles. The minimum Gasteiger partial charge on any atom is -0.356 e. The molecule has 1 heterocycles. The van der Waals surface area contributed by atoms with Crippen molar-refractivity contribution >= 4 is 35.8 Å². The van der Waals surface area contributed by atoms with Gasteiger partial charge in [0.1, 0.15) is 0 Å². The van der Waals surface area contributed by atoms with Gasteiger partial charge in [0.25, 0.3) is 0 Å². The Morgan fingerprint density at radius 3 is 2.45 bits per heavy atom. The van der Waals surface area contributed by atoms with Gasteiger partial charge in [-0.1, -0.05) is 6.92 Å². The van der Waals surface area contributed by atoms with Crippen LogP contribution in [0.2, 0.25) is 0 Å². The predicted molar refractivity (Wildman–Crippen MR) is 102 cm³/mol. The average Bonchev–Trinajstić information content (AvgIpc) is 2.98. The first kappa shape index (κ1) is 20.8. The lowest BCUT2D eigenvalue weighted by atomic mass is 10.2. The van der Waals surface area contributed by atoms with Crippen LogP contribution in [0.1, 0.15) is 26.7 Å². The maximum Gasteiger partial charge on any atom is 0.221 e. The molecule has 7 heteroatoms. The average molecular weight is 421 g/mol. The van der Waals surface area contributed by atoms with Crippen molar-refractivity contribution in [3.8, 4) is 0 Å². The van der Waals surface area contributed by atoms with Crippen LogP contribution >= 0.6 is 24.0 Å². The number of hydrogen-bond acceptors (Lipinski definition) is 2. The van der Waals surface area contributed by atoms with E-state index in [0.29, 0.717) is 13.0 Å². The van der Waals surface area contributed by atoms with Crippen molar-refractivity contribution in [2.24, 2.45) is 4.99 Å². The zero-order valence-corrected chi connectivity index (χ0v) is 16.0. The molecule has 6 nitrogen and oxygen atoms in total. The normalized spacial score (nSPS) is 12.2. The molecule has 0 aliphatic carbocycles. The van der Waals surface area contributed by atoms with E-state index < -0.39 is 0 Å². The topological polar surface area (TPSA) is 70.4 Å². The first-order chi connectivity index (χ1) is 10.2. The summed E-state index contributed by atoms with van der Waals surface area (Å²) in [5.74, 6) is 0.790. The van der Waals surface area contributed by atoms with Crippen molar-refractivity contribution < 1.29 is 4.79 Å². The van der Waals surface area contributed by atoms with Crippen LogP contribution in [0, 0.1) is 0 Å². The number of aliphatic imine (C=N–C) groups is 1. The number of carbonyl (C=O) groups is 1.